The van der Waals surface area contributed by atoms with Crippen LogP contribution in [-0.4, -0.2) is 46.4 Å². The van der Waals surface area contributed by atoms with Crippen LogP contribution in [0.25, 0.3) is 16.5 Å². The number of fused-ring (bicyclic) bond motifs is 2. The summed E-state index contributed by atoms with van der Waals surface area (Å²) in [5.41, 5.74) is 4.65. The Morgan fingerprint density at radius 3 is 2.92 bits per heavy atom. The Balaban J connectivity index is 1.83. The van der Waals surface area contributed by atoms with Crippen LogP contribution >= 0.6 is 0 Å². The highest BCUT2D eigenvalue weighted by atomic mass is 16.2. The molecule has 25 heavy (non-hydrogen) atoms. The fourth-order valence-corrected chi connectivity index (χ4v) is 4.27. The maximum Gasteiger partial charge on any atom is 0.231 e. The van der Waals surface area contributed by atoms with E-state index in [1.807, 2.05) is 31.0 Å². The Morgan fingerprint density at radius 2 is 2.20 bits per heavy atom. The molecule has 5 heteroatoms. The number of rotatable bonds is 3. The molecule has 0 fully saturated rings. The summed E-state index contributed by atoms with van der Waals surface area (Å²) in [6.07, 6.45) is 7.30. The summed E-state index contributed by atoms with van der Waals surface area (Å²) in [5.74, 6) is -0.148. The maximum atomic E-state index is 12.9. The Labute approximate surface area is 147 Å². The molecule has 128 valence electrons. The summed E-state index contributed by atoms with van der Waals surface area (Å²) >= 11 is 0. The molecule has 2 heterocycles. The van der Waals surface area contributed by atoms with Crippen molar-refractivity contribution >= 4 is 22.4 Å². The van der Waals surface area contributed by atoms with Gasteiger partial charge in [-0.25, -0.2) is 0 Å². The highest BCUT2D eigenvalue weighted by molar-refractivity contribution is 5.99. The minimum absolute atomic E-state index is 0.0275. The van der Waals surface area contributed by atoms with Crippen LogP contribution in [0.3, 0.4) is 0 Å². The second-order valence-corrected chi connectivity index (χ2v) is 6.75. The SMILES string of the molecule is CCN(CC)C(=O)[C@@H]1C=C2c3cccc4[nH]cc(c34)C[C@H]2N(C#N)C1. The van der Waals surface area contributed by atoms with Crippen LogP contribution in [0.2, 0.25) is 0 Å². The van der Waals surface area contributed by atoms with Crippen molar-refractivity contribution in [2.24, 2.45) is 5.92 Å². The number of amides is 1. The number of hydrogen-bond acceptors (Lipinski definition) is 3. The van der Waals surface area contributed by atoms with Crippen LogP contribution in [0.4, 0.5) is 0 Å². The second-order valence-electron chi connectivity index (χ2n) is 6.75. The van der Waals surface area contributed by atoms with Gasteiger partial charge in [0.15, 0.2) is 6.19 Å². The molecule has 1 N–H and O–H groups in total. The van der Waals surface area contributed by atoms with E-state index < -0.39 is 0 Å². The van der Waals surface area contributed by atoms with Crippen LogP contribution < -0.4 is 0 Å². The number of H-pyrrole nitrogens is 1. The van der Waals surface area contributed by atoms with E-state index in [9.17, 15) is 10.1 Å². The second kappa shape index (κ2) is 5.96. The predicted octanol–water partition coefficient (Wildman–Crippen LogP) is 2.76. The third-order valence-corrected chi connectivity index (χ3v) is 5.54. The van der Waals surface area contributed by atoms with Crippen molar-refractivity contribution in [3.05, 3.63) is 41.6 Å². The van der Waals surface area contributed by atoms with E-state index in [-0.39, 0.29) is 17.9 Å². The summed E-state index contributed by atoms with van der Waals surface area (Å²) in [6.45, 7) is 5.85. The van der Waals surface area contributed by atoms with Gasteiger partial charge in [-0.15, -0.1) is 0 Å². The van der Waals surface area contributed by atoms with Crippen molar-refractivity contribution in [3.63, 3.8) is 0 Å². The molecule has 0 spiro atoms. The van der Waals surface area contributed by atoms with Crippen LogP contribution in [0.5, 0.6) is 0 Å². The van der Waals surface area contributed by atoms with Gasteiger partial charge in [0, 0.05) is 36.7 Å². The van der Waals surface area contributed by atoms with Gasteiger partial charge in [-0.3, -0.25) is 4.79 Å². The molecule has 2 aromatic rings. The van der Waals surface area contributed by atoms with Crippen molar-refractivity contribution in [1.82, 2.24) is 14.8 Å². The smallest absolute Gasteiger partial charge is 0.231 e. The average molecular weight is 334 g/mol. The van der Waals surface area contributed by atoms with E-state index in [0.29, 0.717) is 19.6 Å². The molecule has 0 saturated heterocycles. The van der Waals surface area contributed by atoms with Gasteiger partial charge in [-0.2, -0.15) is 5.26 Å². The van der Waals surface area contributed by atoms with Crippen molar-refractivity contribution in [2.45, 2.75) is 26.3 Å². The first-order valence-electron chi connectivity index (χ1n) is 8.94. The van der Waals surface area contributed by atoms with Gasteiger partial charge in [-0.1, -0.05) is 18.2 Å². The summed E-state index contributed by atoms with van der Waals surface area (Å²) in [5, 5.41) is 10.9. The lowest BCUT2D eigenvalue weighted by Crippen LogP contribution is -2.47. The number of benzene rings is 1. The minimum atomic E-state index is -0.262. The van der Waals surface area contributed by atoms with Gasteiger partial charge in [0.1, 0.15) is 0 Å². The number of hydrogen-bond donors (Lipinski definition) is 1. The van der Waals surface area contributed by atoms with Gasteiger partial charge in [0.05, 0.1) is 12.0 Å². The Kier molecular flexibility index (Phi) is 3.76. The molecule has 1 aromatic heterocycles. The van der Waals surface area contributed by atoms with Gasteiger partial charge in [-0.05, 0) is 43.0 Å². The molecule has 5 nitrogen and oxygen atoms in total. The van der Waals surface area contributed by atoms with Crippen molar-refractivity contribution in [2.75, 3.05) is 19.6 Å². The first-order chi connectivity index (χ1) is 12.2. The zero-order chi connectivity index (χ0) is 17.6. The highest BCUT2D eigenvalue weighted by Crippen LogP contribution is 2.41. The van der Waals surface area contributed by atoms with Crippen molar-refractivity contribution in [1.29, 1.82) is 5.26 Å². The fourth-order valence-electron chi connectivity index (χ4n) is 4.27. The van der Waals surface area contributed by atoms with Crippen LogP contribution in [0, 0.1) is 17.4 Å². The minimum Gasteiger partial charge on any atom is -0.361 e. The normalized spacial score (nSPS) is 21.5. The van der Waals surface area contributed by atoms with Gasteiger partial charge in [0.2, 0.25) is 5.91 Å². The van der Waals surface area contributed by atoms with Crippen molar-refractivity contribution < 1.29 is 4.79 Å². The topological polar surface area (TPSA) is 63.1 Å². The Bertz CT molecular complexity index is 900. The molecule has 1 aliphatic carbocycles. The lowest BCUT2D eigenvalue weighted by molar-refractivity contribution is -0.134. The molecule has 4 rings (SSSR count). The highest BCUT2D eigenvalue weighted by Gasteiger charge is 2.37. The molecule has 2 aliphatic rings. The van der Waals surface area contributed by atoms with Crippen molar-refractivity contribution in [3.8, 4) is 6.19 Å². The third-order valence-electron chi connectivity index (χ3n) is 5.54. The zero-order valence-corrected chi connectivity index (χ0v) is 14.6. The summed E-state index contributed by atoms with van der Waals surface area (Å²) in [7, 11) is 0. The maximum absolute atomic E-state index is 12.9. The standard InChI is InChI=1S/C20H22N4O/c1-3-23(4-2)20(25)14-8-16-15-6-5-7-17-19(15)13(10-22-17)9-18(16)24(11-14)12-21/h5-8,10,14,18,22H,3-4,9,11H2,1-2H3/t14-,18-/m1/s1. The number of carbonyl (C=O) groups is 1. The van der Waals surface area contributed by atoms with E-state index in [0.717, 1.165) is 23.1 Å². The lowest BCUT2D eigenvalue weighted by Gasteiger charge is -2.39. The van der Waals surface area contributed by atoms with E-state index in [2.05, 4.69) is 29.4 Å². The third kappa shape index (κ3) is 2.32. The largest absolute Gasteiger partial charge is 0.361 e. The molecule has 0 saturated carbocycles. The van der Waals surface area contributed by atoms with Gasteiger partial charge >= 0.3 is 0 Å². The molecule has 1 amide bonds. The molecule has 0 unspecified atom stereocenters. The number of nitrogens with zero attached hydrogens (tertiary/aromatic N) is 3. The monoisotopic (exact) mass is 334 g/mol. The zero-order valence-electron chi connectivity index (χ0n) is 14.6. The number of aromatic amines is 1. The van der Waals surface area contributed by atoms with Gasteiger partial charge in [0.25, 0.3) is 0 Å². The lowest BCUT2D eigenvalue weighted by atomic mass is 9.79. The number of nitrogens with one attached hydrogen (secondary N) is 1. The summed E-state index contributed by atoms with van der Waals surface area (Å²) in [4.78, 5) is 19.8. The molecule has 0 radical (unpaired) electrons. The van der Waals surface area contributed by atoms with E-state index in [4.69, 9.17) is 0 Å². The molecule has 2 atom stereocenters. The van der Waals surface area contributed by atoms with Crippen LogP contribution in [-0.2, 0) is 11.2 Å². The summed E-state index contributed by atoms with van der Waals surface area (Å²) in [6, 6.07) is 6.25. The quantitative estimate of drug-likeness (QED) is 0.878. The van der Waals surface area contributed by atoms with E-state index in [1.165, 1.54) is 10.9 Å². The first-order valence-corrected chi connectivity index (χ1v) is 8.94. The number of aromatic nitrogens is 1. The van der Waals surface area contributed by atoms with E-state index in [1.54, 1.807) is 4.90 Å². The number of carbonyl (C=O) groups excluding carboxylic acids is 1. The van der Waals surface area contributed by atoms with Crippen LogP contribution in [0.1, 0.15) is 25.0 Å². The molecule has 0 bridgehead atoms. The predicted molar refractivity (Wildman–Crippen MR) is 97.5 cm³/mol. The molecular weight excluding hydrogens is 312 g/mol. The molecule has 1 aromatic carbocycles. The summed E-state index contributed by atoms with van der Waals surface area (Å²) < 4.78 is 0. The van der Waals surface area contributed by atoms with Gasteiger partial charge < -0.3 is 14.8 Å². The average Bonchev–Trinajstić information content (AvgIpc) is 3.06. The van der Waals surface area contributed by atoms with Crippen LogP contribution in [0.15, 0.2) is 30.5 Å². The number of nitriles is 1. The fraction of sp³-hybridized carbons (Fsp3) is 0.400. The Hall–Kier alpha value is -2.74. The Morgan fingerprint density at radius 1 is 1.40 bits per heavy atom. The first kappa shape index (κ1) is 15.8. The molecular formula is C20H22N4O. The van der Waals surface area contributed by atoms with E-state index >= 15 is 0 Å². The molecule has 1 aliphatic heterocycles.